The number of non-ortho nitro benzene ring substituents is 1. The monoisotopic (exact) mass is 403 g/mol. The summed E-state index contributed by atoms with van der Waals surface area (Å²) in [4.78, 5) is 36.9. The van der Waals surface area contributed by atoms with E-state index >= 15 is 0 Å². The van der Waals surface area contributed by atoms with Crippen LogP contribution in [-0.4, -0.2) is 30.4 Å². The van der Waals surface area contributed by atoms with Gasteiger partial charge in [-0.1, -0.05) is 17.7 Å². The highest BCUT2D eigenvalue weighted by Gasteiger charge is 2.36. The number of hydrogen-bond donors (Lipinski definition) is 1. The van der Waals surface area contributed by atoms with Gasteiger partial charge in [0.15, 0.2) is 0 Å². The van der Waals surface area contributed by atoms with Crippen molar-refractivity contribution in [2.24, 2.45) is 5.92 Å². The van der Waals surface area contributed by atoms with Crippen molar-refractivity contribution in [3.63, 3.8) is 0 Å². The molecule has 0 saturated carbocycles. The van der Waals surface area contributed by atoms with Crippen LogP contribution in [0, 0.1) is 23.0 Å². The average Bonchev–Trinajstić information content (AvgIpc) is 3.06. The van der Waals surface area contributed by atoms with E-state index in [-0.39, 0.29) is 36.2 Å². The van der Waals surface area contributed by atoms with Crippen molar-refractivity contribution in [3.05, 3.63) is 57.1 Å². The second-order valence-electron chi connectivity index (χ2n) is 6.42. The van der Waals surface area contributed by atoms with Crippen LogP contribution >= 0.6 is 11.6 Å². The van der Waals surface area contributed by atoms with E-state index in [1.807, 2.05) is 0 Å². The lowest BCUT2D eigenvalue weighted by Gasteiger charge is -2.19. The van der Waals surface area contributed by atoms with Gasteiger partial charge in [-0.3, -0.25) is 19.7 Å². The third kappa shape index (κ3) is 3.77. The van der Waals surface area contributed by atoms with Crippen LogP contribution in [0.15, 0.2) is 36.4 Å². The highest BCUT2D eigenvalue weighted by atomic mass is 35.5. The van der Waals surface area contributed by atoms with Crippen LogP contribution in [0.2, 0.25) is 5.02 Å². The molecule has 1 N–H and O–H groups in total. The quantitative estimate of drug-likeness (QED) is 0.607. The minimum absolute atomic E-state index is 0.0333. The SMILES string of the molecule is COc1cc([N+](=O)[O-])ccc1N1C[C@@H](C(=O)Nc2cccc(Cl)c2C)CC1=O. The Hall–Kier alpha value is -3.13. The Balaban J connectivity index is 1.79. The summed E-state index contributed by atoms with van der Waals surface area (Å²) >= 11 is 6.08. The largest absolute Gasteiger partial charge is 0.494 e. The van der Waals surface area contributed by atoms with E-state index in [1.165, 1.54) is 30.2 Å². The molecule has 28 heavy (non-hydrogen) atoms. The number of anilines is 2. The number of hydrogen-bond acceptors (Lipinski definition) is 5. The molecular weight excluding hydrogens is 386 g/mol. The fourth-order valence-corrected chi connectivity index (χ4v) is 3.27. The number of halogens is 1. The maximum absolute atomic E-state index is 12.6. The lowest BCUT2D eigenvalue weighted by Crippen LogP contribution is -2.28. The standard InChI is InChI=1S/C19H18ClN3O5/c1-11-14(20)4-3-5-15(11)21-19(25)12-8-18(24)22(10-12)16-7-6-13(23(26)27)9-17(16)28-2/h3-7,9,12H,8,10H2,1-2H3,(H,21,25)/t12-/m0/s1. The maximum Gasteiger partial charge on any atom is 0.273 e. The summed E-state index contributed by atoms with van der Waals surface area (Å²) in [6.45, 7) is 1.95. The van der Waals surface area contributed by atoms with E-state index < -0.39 is 10.8 Å². The molecule has 8 nitrogen and oxygen atoms in total. The van der Waals surface area contributed by atoms with Crippen LogP contribution in [0.5, 0.6) is 5.75 Å². The molecule has 0 radical (unpaired) electrons. The van der Waals surface area contributed by atoms with Crippen LogP contribution in [0.25, 0.3) is 0 Å². The van der Waals surface area contributed by atoms with Crippen molar-refractivity contribution in [3.8, 4) is 5.75 Å². The van der Waals surface area contributed by atoms with E-state index in [9.17, 15) is 19.7 Å². The van der Waals surface area contributed by atoms with Crippen LogP contribution in [0.1, 0.15) is 12.0 Å². The maximum atomic E-state index is 12.6. The van der Waals surface area contributed by atoms with E-state index in [2.05, 4.69) is 5.32 Å². The lowest BCUT2D eigenvalue weighted by molar-refractivity contribution is -0.384. The van der Waals surface area contributed by atoms with E-state index in [4.69, 9.17) is 16.3 Å². The molecular formula is C19H18ClN3O5. The normalized spacial score (nSPS) is 16.2. The molecule has 2 aromatic carbocycles. The van der Waals surface area contributed by atoms with Crippen molar-refractivity contribution in [1.82, 2.24) is 0 Å². The number of nitro benzene ring substituents is 1. The van der Waals surface area contributed by atoms with Crippen molar-refractivity contribution in [2.75, 3.05) is 23.9 Å². The highest BCUT2D eigenvalue weighted by molar-refractivity contribution is 6.31. The molecule has 1 aliphatic rings. The van der Waals surface area contributed by atoms with Gasteiger partial charge in [0.05, 0.1) is 29.7 Å². The first-order valence-electron chi connectivity index (χ1n) is 8.50. The van der Waals surface area contributed by atoms with Gasteiger partial charge in [0.2, 0.25) is 11.8 Å². The van der Waals surface area contributed by atoms with Gasteiger partial charge in [0, 0.05) is 29.7 Å². The number of rotatable bonds is 5. The molecule has 0 aromatic heterocycles. The molecule has 2 aromatic rings. The Labute approximate surface area is 166 Å². The van der Waals surface area contributed by atoms with Crippen LogP contribution in [0.4, 0.5) is 17.1 Å². The average molecular weight is 404 g/mol. The molecule has 1 atom stereocenters. The van der Waals surface area contributed by atoms with Gasteiger partial charge in [0.1, 0.15) is 5.75 Å². The van der Waals surface area contributed by atoms with Gasteiger partial charge < -0.3 is 15.0 Å². The zero-order chi connectivity index (χ0) is 20.4. The number of nitro groups is 1. The summed E-state index contributed by atoms with van der Waals surface area (Å²) in [5.41, 5.74) is 1.59. The van der Waals surface area contributed by atoms with Gasteiger partial charge in [-0.2, -0.15) is 0 Å². The molecule has 2 amide bonds. The molecule has 1 aliphatic heterocycles. The van der Waals surface area contributed by atoms with Gasteiger partial charge in [-0.05, 0) is 30.7 Å². The lowest BCUT2D eigenvalue weighted by atomic mass is 10.1. The summed E-state index contributed by atoms with van der Waals surface area (Å²) < 4.78 is 5.20. The minimum atomic E-state index is -0.564. The topological polar surface area (TPSA) is 102 Å². The second-order valence-corrected chi connectivity index (χ2v) is 6.83. The first-order chi connectivity index (χ1) is 13.3. The highest BCUT2D eigenvalue weighted by Crippen LogP contribution is 2.36. The number of nitrogens with zero attached hydrogens (tertiary/aromatic N) is 2. The third-order valence-electron chi connectivity index (χ3n) is 4.69. The molecule has 1 saturated heterocycles. The third-order valence-corrected chi connectivity index (χ3v) is 5.10. The van der Waals surface area contributed by atoms with E-state index in [0.717, 1.165) is 5.56 Å². The molecule has 0 aliphatic carbocycles. The number of nitrogens with one attached hydrogen (secondary N) is 1. The fourth-order valence-electron chi connectivity index (χ4n) is 3.10. The Bertz CT molecular complexity index is 963. The molecule has 3 rings (SSSR count). The Kier molecular flexibility index (Phi) is 5.51. The number of methoxy groups -OCH3 is 1. The molecule has 0 spiro atoms. The fraction of sp³-hybridized carbons (Fsp3) is 0.263. The summed E-state index contributed by atoms with van der Waals surface area (Å²) in [6, 6.07) is 9.22. The Morgan fingerprint density at radius 3 is 2.79 bits per heavy atom. The zero-order valence-electron chi connectivity index (χ0n) is 15.3. The van der Waals surface area contributed by atoms with Crippen molar-refractivity contribution in [1.29, 1.82) is 0 Å². The molecule has 146 valence electrons. The Morgan fingerprint density at radius 1 is 1.36 bits per heavy atom. The predicted octanol–water partition coefficient (Wildman–Crippen LogP) is 3.56. The number of ether oxygens (including phenoxy) is 1. The van der Waals surface area contributed by atoms with Crippen LogP contribution < -0.4 is 15.0 Å². The molecule has 1 heterocycles. The zero-order valence-corrected chi connectivity index (χ0v) is 16.0. The van der Waals surface area contributed by atoms with Crippen molar-refractivity contribution in [2.45, 2.75) is 13.3 Å². The van der Waals surface area contributed by atoms with Gasteiger partial charge in [-0.25, -0.2) is 0 Å². The summed E-state index contributed by atoms with van der Waals surface area (Å²) in [6.07, 6.45) is 0.0333. The minimum Gasteiger partial charge on any atom is -0.494 e. The molecule has 9 heteroatoms. The van der Waals surface area contributed by atoms with Crippen molar-refractivity contribution < 1.29 is 19.2 Å². The summed E-state index contributed by atoms with van der Waals surface area (Å²) in [5.74, 6) is -0.905. The van der Waals surface area contributed by atoms with Crippen LogP contribution in [0.3, 0.4) is 0 Å². The number of amides is 2. The van der Waals surface area contributed by atoms with Gasteiger partial charge in [-0.15, -0.1) is 0 Å². The first kappa shape index (κ1) is 19.6. The number of benzene rings is 2. The molecule has 0 bridgehead atoms. The Morgan fingerprint density at radius 2 is 2.11 bits per heavy atom. The smallest absolute Gasteiger partial charge is 0.273 e. The molecule has 0 unspecified atom stereocenters. The van der Waals surface area contributed by atoms with E-state index in [0.29, 0.717) is 16.4 Å². The summed E-state index contributed by atoms with van der Waals surface area (Å²) in [5, 5.41) is 14.3. The second kappa shape index (κ2) is 7.85. The number of carbonyl (C=O) groups excluding carboxylic acids is 2. The summed E-state index contributed by atoms with van der Waals surface area (Å²) in [7, 11) is 1.37. The van der Waals surface area contributed by atoms with Gasteiger partial charge in [0.25, 0.3) is 5.69 Å². The van der Waals surface area contributed by atoms with Gasteiger partial charge >= 0.3 is 0 Å². The number of carbonyl (C=O) groups is 2. The predicted molar refractivity (Wildman–Crippen MR) is 105 cm³/mol. The van der Waals surface area contributed by atoms with Crippen molar-refractivity contribution >= 4 is 40.5 Å². The van der Waals surface area contributed by atoms with Crippen LogP contribution in [-0.2, 0) is 9.59 Å². The first-order valence-corrected chi connectivity index (χ1v) is 8.88. The molecule has 1 fully saturated rings. The van der Waals surface area contributed by atoms with E-state index in [1.54, 1.807) is 25.1 Å².